The first-order chi connectivity index (χ1) is 14.9. The Labute approximate surface area is 180 Å². The molecule has 0 bridgehead atoms. The molecule has 9 nitrogen and oxygen atoms in total. The van der Waals surface area contributed by atoms with Crippen LogP contribution in [0.15, 0.2) is 52.0 Å². The molecule has 1 fully saturated rings. The molecule has 2 aliphatic rings. The van der Waals surface area contributed by atoms with Gasteiger partial charge in [0.15, 0.2) is 6.10 Å². The van der Waals surface area contributed by atoms with E-state index in [1.807, 2.05) is 6.92 Å². The molecule has 164 valence electrons. The van der Waals surface area contributed by atoms with E-state index in [0.29, 0.717) is 23.6 Å². The number of hydrogen-bond donors (Lipinski definition) is 1. The van der Waals surface area contributed by atoms with Crippen LogP contribution in [0.1, 0.15) is 19.1 Å². The van der Waals surface area contributed by atoms with Gasteiger partial charge in [-0.1, -0.05) is 6.92 Å². The topological polar surface area (TPSA) is 109 Å². The summed E-state index contributed by atoms with van der Waals surface area (Å²) in [6, 6.07) is 7.92. The second-order valence-electron chi connectivity index (χ2n) is 7.24. The summed E-state index contributed by atoms with van der Waals surface area (Å²) >= 11 is 0. The molecule has 0 saturated carbocycles. The van der Waals surface area contributed by atoms with E-state index >= 15 is 0 Å². The summed E-state index contributed by atoms with van der Waals surface area (Å²) in [6.45, 7) is 2.76. The summed E-state index contributed by atoms with van der Waals surface area (Å²) in [5.74, 6) is 0.527. The van der Waals surface area contributed by atoms with E-state index in [0.717, 1.165) is 0 Å². The second-order valence-corrected chi connectivity index (χ2v) is 9.18. The number of carbonyl (C=O) groups is 2. The maximum atomic E-state index is 13.1. The molecule has 3 heterocycles. The molecule has 1 aromatic heterocycles. The number of anilines is 1. The van der Waals surface area contributed by atoms with Crippen LogP contribution < -0.4 is 10.1 Å². The van der Waals surface area contributed by atoms with Gasteiger partial charge in [-0.3, -0.25) is 9.59 Å². The summed E-state index contributed by atoms with van der Waals surface area (Å²) in [5.41, 5.74) is 0.340. The van der Waals surface area contributed by atoms with Gasteiger partial charge in [0.25, 0.3) is 5.91 Å². The van der Waals surface area contributed by atoms with Gasteiger partial charge in [-0.15, -0.1) is 0 Å². The van der Waals surface area contributed by atoms with Gasteiger partial charge < -0.3 is 19.4 Å². The summed E-state index contributed by atoms with van der Waals surface area (Å²) in [4.78, 5) is 26.0. The summed E-state index contributed by atoms with van der Waals surface area (Å²) in [7, 11) is -3.77. The van der Waals surface area contributed by atoms with Crippen molar-refractivity contribution in [3.05, 3.63) is 48.4 Å². The number of amides is 2. The average Bonchev–Trinajstić information content (AvgIpc) is 3.30. The normalized spacial score (nSPS) is 19.7. The van der Waals surface area contributed by atoms with E-state index < -0.39 is 16.1 Å². The van der Waals surface area contributed by atoms with E-state index in [-0.39, 0.29) is 42.9 Å². The molecule has 2 aliphatic heterocycles. The molecule has 31 heavy (non-hydrogen) atoms. The zero-order valence-corrected chi connectivity index (χ0v) is 17.8. The van der Waals surface area contributed by atoms with Crippen molar-refractivity contribution in [1.29, 1.82) is 0 Å². The highest BCUT2D eigenvalue weighted by atomic mass is 32.2. The van der Waals surface area contributed by atoms with Crippen molar-refractivity contribution in [1.82, 2.24) is 9.21 Å². The van der Waals surface area contributed by atoms with Gasteiger partial charge in [-0.25, -0.2) is 8.42 Å². The fourth-order valence-corrected chi connectivity index (χ4v) is 4.95. The lowest BCUT2D eigenvalue weighted by Crippen LogP contribution is -2.50. The Bertz CT molecular complexity index is 1100. The summed E-state index contributed by atoms with van der Waals surface area (Å²) in [5, 5.41) is 2.71. The number of piperazine rings is 1. The number of hydrogen-bond acceptors (Lipinski definition) is 6. The standard InChI is InChI=1S/C21H23N3O6S/c1-2-18-21(26)22-17-14-16(6-7-19(17)30-18)31(27,28)24-11-9-23(10-12-24)20(25)8-5-15-4-3-13-29-15/h3-8,13-14,18H,2,9-12H2,1H3,(H,22,26). The van der Waals surface area contributed by atoms with E-state index in [4.69, 9.17) is 9.15 Å². The summed E-state index contributed by atoms with van der Waals surface area (Å²) in [6.07, 6.45) is 4.46. The van der Waals surface area contributed by atoms with Crippen LogP contribution in [0.5, 0.6) is 5.75 Å². The molecule has 0 aliphatic carbocycles. The molecule has 1 unspecified atom stereocenters. The Kier molecular flexibility index (Phi) is 5.84. The molecule has 1 atom stereocenters. The Morgan fingerprint density at radius 1 is 1.23 bits per heavy atom. The quantitative estimate of drug-likeness (QED) is 0.705. The number of nitrogens with zero attached hydrogens (tertiary/aromatic N) is 2. The molecular weight excluding hydrogens is 422 g/mol. The van der Waals surface area contributed by atoms with Crippen LogP contribution in [0.4, 0.5) is 5.69 Å². The van der Waals surface area contributed by atoms with Gasteiger partial charge in [0.1, 0.15) is 11.5 Å². The molecular formula is C21H23N3O6S. The van der Waals surface area contributed by atoms with Crippen LogP contribution in [0.2, 0.25) is 0 Å². The third-order valence-electron chi connectivity index (χ3n) is 5.26. The fraction of sp³-hybridized carbons (Fsp3) is 0.333. The number of nitrogens with one attached hydrogen (secondary N) is 1. The van der Waals surface area contributed by atoms with Gasteiger partial charge in [0.05, 0.1) is 16.8 Å². The maximum Gasteiger partial charge on any atom is 0.265 e. The van der Waals surface area contributed by atoms with Crippen molar-refractivity contribution < 1.29 is 27.2 Å². The zero-order chi connectivity index (χ0) is 22.0. The van der Waals surface area contributed by atoms with E-state index in [1.165, 1.54) is 28.8 Å². The minimum Gasteiger partial charge on any atom is -0.478 e. The van der Waals surface area contributed by atoms with Gasteiger partial charge in [0.2, 0.25) is 15.9 Å². The van der Waals surface area contributed by atoms with Crippen LogP contribution in [0.3, 0.4) is 0 Å². The first-order valence-corrected chi connectivity index (χ1v) is 11.4. The lowest BCUT2D eigenvalue weighted by Gasteiger charge is -2.33. The van der Waals surface area contributed by atoms with Crippen LogP contribution in [-0.4, -0.2) is 61.7 Å². The van der Waals surface area contributed by atoms with Crippen LogP contribution in [0, 0.1) is 0 Å². The number of sulfonamides is 1. The predicted octanol–water partition coefficient (Wildman–Crippen LogP) is 1.94. The average molecular weight is 445 g/mol. The van der Waals surface area contributed by atoms with Crippen molar-refractivity contribution in [3.63, 3.8) is 0 Å². The highest BCUT2D eigenvalue weighted by molar-refractivity contribution is 7.89. The van der Waals surface area contributed by atoms with Crippen LogP contribution >= 0.6 is 0 Å². The van der Waals surface area contributed by atoms with Gasteiger partial charge in [-0.05, 0) is 42.8 Å². The number of benzene rings is 1. The Hall–Kier alpha value is -3.11. The monoisotopic (exact) mass is 445 g/mol. The molecule has 1 aromatic carbocycles. The number of rotatable bonds is 5. The SMILES string of the molecule is CCC1Oc2ccc(S(=O)(=O)N3CCN(C(=O)C=Cc4ccco4)CC3)cc2NC1=O. The highest BCUT2D eigenvalue weighted by Crippen LogP contribution is 2.33. The van der Waals surface area contributed by atoms with E-state index in [9.17, 15) is 18.0 Å². The lowest BCUT2D eigenvalue weighted by atomic mass is 10.2. The molecule has 1 saturated heterocycles. The van der Waals surface area contributed by atoms with Crippen LogP contribution in [0.25, 0.3) is 6.08 Å². The Morgan fingerprint density at radius 2 is 2.00 bits per heavy atom. The van der Waals surface area contributed by atoms with E-state index in [1.54, 1.807) is 29.2 Å². The number of fused-ring (bicyclic) bond motifs is 1. The maximum absolute atomic E-state index is 13.1. The molecule has 2 amide bonds. The lowest BCUT2D eigenvalue weighted by molar-refractivity contribution is -0.127. The summed E-state index contributed by atoms with van der Waals surface area (Å²) < 4.78 is 38.3. The van der Waals surface area contributed by atoms with Crippen molar-refractivity contribution in [3.8, 4) is 5.75 Å². The van der Waals surface area contributed by atoms with Crippen molar-refractivity contribution in [2.45, 2.75) is 24.3 Å². The predicted molar refractivity (Wildman–Crippen MR) is 113 cm³/mol. The zero-order valence-electron chi connectivity index (χ0n) is 17.0. The first-order valence-electron chi connectivity index (χ1n) is 10.0. The van der Waals surface area contributed by atoms with Crippen molar-refractivity contribution in [2.75, 3.05) is 31.5 Å². The molecule has 0 spiro atoms. The highest BCUT2D eigenvalue weighted by Gasteiger charge is 2.32. The number of ether oxygens (including phenoxy) is 1. The van der Waals surface area contributed by atoms with Crippen molar-refractivity contribution in [2.24, 2.45) is 0 Å². The second kappa shape index (κ2) is 8.56. The van der Waals surface area contributed by atoms with Crippen LogP contribution in [-0.2, 0) is 19.6 Å². The smallest absolute Gasteiger partial charge is 0.265 e. The first kappa shape index (κ1) is 21.1. The van der Waals surface area contributed by atoms with Crippen molar-refractivity contribution >= 4 is 33.6 Å². The Morgan fingerprint density at radius 3 is 2.68 bits per heavy atom. The Balaban J connectivity index is 1.42. The van der Waals surface area contributed by atoms with E-state index in [2.05, 4.69) is 5.32 Å². The molecule has 1 N–H and O–H groups in total. The van der Waals surface area contributed by atoms with Gasteiger partial charge in [-0.2, -0.15) is 4.31 Å². The third-order valence-corrected chi connectivity index (χ3v) is 7.16. The molecule has 10 heteroatoms. The molecule has 2 aromatic rings. The molecule has 4 rings (SSSR count). The minimum absolute atomic E-state index is 0.0718. The largest absolute Gasteiger partial charge is 0.478 e. The number of carbonyl (C=O) groups excluding carboxylic acids is 2. The number of furan rings is 1. The fourth-order valence-electron chi connectivity index (χ4n) is 3.50. The van der Waals surface area contributed by atoms with Gasteiger partial charge >= 0.3 is 0 Å². The molecule has 0 radical (unpaired) electrons. The van der Waals surface area contributed by atoms with Gasteiger partial charge in [0, 0.05) is 32.3 Å². The minimum atomic E-state index is -3.77. The third kappa shape index (κ3) is 4.35.